The van der Waals surface area contributed by atoms with Gasteiger partial charge in [-0.25, -0.2) is 9.97 Å². The van der Waals surface area contributed by atoms with E-state index in [4.69, 9.17) is 5.73 Å². The third-order valence-corrected chi connectivity index (χ3v) is 2.51. The Morgan fingerprint density at radius 3 is 2.33 bits per heavy atom. The molecule has 3 nitrogen and oxygen atoms in total. The maximum atomic E-state index is 6.16. The molecule has 2 N–H and O–H groups in total. The number of nitrogens with zero attached hydrogens (tertiary/aromatic N) is 2. The molecule has 1 aliphatic rings. The molecule has 0 amide bonds. The highest BCUT2D eigenvalue weighted by Crippen LogP contribution is 2.33. The number of nitrogens with two attached hydrogens (primary N) is 1. The fourth-order valence-electron chi connectivity index (χ4n) is 1.79. The van der Waals surface area contributed by atoms with Crippen molar-refractivity contribution in [2.45, 2.75) is 31.2 Å². The number of rotatable bonds is 1. The van der Waals surface area contributed by atoms with Gasteiger partial charge in [-0.05, 0) is 18.9 Å². The van der Waals surface area contributed by atoms with Crippen LogP contribution in [0.1, 0.15) is 31.5 Å². The topological polar surface area (TPSA) is 51.8 Å². The van der Waals surface area contributed by atoms with Gasteiger partial charge < -0.3 is 5.73 Å². The molecule has 0 atom stereocenters. The van der Waals surface area contributed by atoms with Crippen molar-refractivity contribution in [3.05, 3.63) is 24.3 Å². The Morgan fingerprint density at radius 1 is 1.17 bits per heavy atom. The number of hydrogen-bond acceptors (Lipinski definition) is 3. The summed E-state index contributed by atoms with van der Waals surface area (Å²) in [5, 5.41) is 0. The number of aromatic nitrogens is 2. The summed E-state index contributed by atoms with van der Waals surface area (Å²) in [6.07, 6.45) is 7.97. The van der Waals surface area contributed by atoms with E-state index < -0.39 is 0 Å². The maximum absolute atomic E-state index is 6.16. The van der Waals surface area contributed by atoms with Crippen LogP contribution in [0.15, 0.2) is 18.5 Å². The summed E-state index contributed by atoms with van der Waals surface area (Å²) in [6, 6.07) is 1.82. The summed E-state index contributed by atoms with van der Waals surface area (Å²) >= 11 is 0. The second kappa shape index (κ2) is 2.83. The average molecular weight is 163 g/mol. The molecule has 2 rings (SSSR count). The molecular formula is C9H13N3. The number of hydrogen-bond donors (Lipinski definition) is 1. The molecule has 64 valence electrons. The molecule has 0 radical (unpaired) electrons. The predicted molar refractivity (Wildman–Crippen MR) is 46.4 cm³/mol. The van der Waals surface area contributed by atoms with Crippen molar-refractivity contribution in [1.29, 1.82) is 0 Å². The molecule has 0 aromatic carbocycles. The minimum atomic E-state index is -0.235. The third kappa shape index (κ3) is 1.20. The Labute approximate surface area is 72.0 Å². The van der Waals surface area contributed by atoms with E-state index in [9.17, 15) is 0 Å². The van der Waals surface area contributed by atoms with Gasteiger partial charge in [-0.1, -0.05) is 12.8 Å². The minimum Gasteiger partial charge on any atom is -0.319 e. The van der Waals surface area contributed by atoms with Crippen LogP contribution in [0.25, 0.3) is 0 Å². The second-order valence-corrected chi connectivity index (χ2v) is 3.44. The van der Waals surface area contributed by atoms with E-state index in [2.05, 4.69) is 9.97 Å². The highest BCUT2D eigenvalue weighted by molar-refractivity contribution is 5.07. The normalized spacial score (nSPS) is 21.1. The van der Waals surface area contributed by atoms with Gasteiger partial charge in [0.2, 0.25) is 0 Å². The van der Waals surface area contributed by atoms with E-state index in [1.165, 1.54) is 12.8 Å². The van der Waals surface area contributed by atoms with Crippen LogP contribution in [-0.2, 0) is 5.54 Å². The van der Waals surface area contributed by atoms with Crippen LogP contribution in [-0.4, -0.2) is 9.97 Å². The summed E-state index contributed by atoms with van der Waals surface area (Å²) in [6.45, 7) is 0. The quantitative estimate of drug-likeness (QED) is 0.677. The van der Waals surface area contributed by atoms with Crippen molar-refractivity contribution in [3.8, 4) is 0 Å². The van der Waals surface area contributed by atoms with E-state index >= 15 is 0 Å². The van der Waals surface area contributed by atoms with Crippen LogP contribution in [0.4, 0.5) is 0 Å². The Morgan fingerprint density at radius 2 is 1.75 bits per heavy atom. The van der Waals surface area contributed by atoms with Gasteiger partial charge in [0.05, 0.1) is 5.54 Å². The fraction of sp³-hybridized carbons (Fsp3) is 0.556. The minimum absolute atomic E-state index is 0.235. The van der Waals surface area contributed by atoms with Crippen molar-refractivity contribution in [3.63, 3.8) is 0 Å². The lowest BCUT2D eigenvalue weighted by atomic mass is 9.98. The molecule has 0 unspecified atom stereocenters. The lowest BCUT2D eigenvalue weighted by Gasteiger charge is -2.20. The predicted octanol–water partition coefficient (Wildman–Crippen LogP) is 1.20. The first-order chi connectivity index (χ1) is 5.81. The Kier molecular flexibility index (Phi) is 1.81. The first-order valence-electron chi connectivity index (χ1n) is 4.38. The van der Waals surface area contributed by atoms with Crippen molar-refractivity contribution in [2.75, 3.05) is 0 Å². The van der Waals surface area contributed by atoms with Crippen molar-refractivity contribution < 1.29 is 0 Å². The summed E-state index contributed by atoms with van der Waals surface area (Å²) in [4.78, 5) is 8.39. The zero-order valence-corrected chi connectivity index (χ0v) is 7.03. The van der Waals surface area contributed by atoms with Crippen LogP contribution >= 0.6 is 0 Å². The molecule has 12 heavy (non-hydrogen) atoms. The molecular weight excluding hydrogens is 150 g/mol. The smallest absolute Gasteiger partial charge is 0.147 e. The Bertz CT molecular complexity index is 252. The molecule has 0 saturated heterocycles. The molecule has 0 spiro atoms. The first kappa shape index (κ1) is 7.68. The molecule has 1 aliphatic carbocycles. The monoisotopic (exact) mass is 163 g/mol. The van der Waals surface area contributed by atoms with E-state index in [0.29, 0.717) is 0 Å². The molecule has 1 fully saturated rings. The highest BCUT2D eigenvalue weighted by Gasteiger charge is 2.33. The molecule has 1 aromatic heterocycles. The lowest BCUT2D eigenvalue weighted by Crippen LogP contribution is -2.35. The maximum Gasteiger partial charge on any atom is 0.147 e. The Balaban J connectivity index is 2.29. The van der Waals surface area contributed by atoms with Gasteiger partial charge in [-0.15, -0.1) is 0 Å². The summed E-state index contributed by atoms with van der Waals surface area (Å²) in [5.41, 5.74) is 5.92. The second-order valence-electron chi connectivity index (χ2n) is 3.44. The van der Waals surface area contributed by atoms with Gasteiger partial charge in [0.15, 0.2) is 0 Å². The highest BCUT2D eigenvalue weighted by atomic mass is 15.0. The van der Waals surface area contributed by atoms with E-state index in [1.807, 2.05) is 6.07 Å². The SMILES string of the molecule is NC1(c2ncccn2)CCCC1. The molecule has 0 bridgehead atoms. The standard InChI is InChI=1S/C9H13N3/c10-9(4-1-2-5-9)8-11-6-3-7-12-8/h3,6-7H,1-2,4-5,10H2. The molecule has 1 saturated carbocycles. The van der Waals surface area contributed by atoms with Gasteiger partial charge in [-0.3, -0.25) is 0 Å². The van der Waals surface area contributed by atoms with Crippen molar-refractivity contribution in [2.24, 2.45) is 5.73 Å². The van der Waals surface area contributed by atoms with Crippen molar-refractivity contribution >= 4 is 0 Å². The first-order valence-corrected chi connectivity index (χ1v) is 4.38. The van der Waals surface area contributed by atoms with Crippen LogP contribution in [0.5, 0.6) is 0 Å². The summed E-state index contributed by atoms with van der Waals surface area (Å²) < 4.78 is 0. The zero-order chi connectivity index (χ0) is 8.44. The fourth-order valence-corrected chi connectivity index (χ4v) is 1.79. The van der Waals surface area contributed by atoms with Crippen molar-refractivity contribution in [1.82, 2.24) is 9.97 Å². The van der Waals surface area contributed by atoms with Gasteiger partial charge >= 0.3 is 0 Å². The summed E-state index contributed by atoms with van der Waals surface area (Å²) in [5.74, 6) is 0.808. The van der Waals surface area contributed by atoms with Gasteiger partial charge in [0, 0.05) is 12.4 Å². The van der Waals surface area contributed by atoms with Gasteiger partial charge in [0.1, 0.15) is 5.82 Å². The molecule has 1 heterocycles. The van der Waals surface area contributed by atoms with Crippen LogP contribution in [0, 0.1) is 0 Å². The van der Waals surface area contributed by atoms with Gasteiger partial charge in [-0.2, -0.15) is 0 Å². The van der Waals surface area contributed by atoms with E-state index in [1.54, 1.807) is 12.4 Å². The summed E-state index contributed by atoms with van der Waals surface area (Å²) in [7, 11) is 0. The van der Waals surface area contributed by atoms with Crippen LogP contribution < -0.4 is 5.73 Å². The lowest BCUT2D eigenvalue weighted by molar-refractivity contribution is 0.431. The Hall–Kier alpha value is -0.960. The zero-order valence-electron chi connectivity index (χ0n) is 7.03. The average Bonchev–Trinajstić information content (AvgIpc) is 2.55. The largest absolute Gasteiger partial charge is 0.319 e. The van der Waals surface area contributed by atoms with Crippen LogP contribution in [0.2, 0.25) is 0 Å². The van der Waals surface area contributed by atoms with E-state index in [-0.39, 0.29) is 5.54 Å². The molecule has 0 aliphatic heterocycles. The van der Waals surface area contributed by atoms with Crippen LogP contribution in [0.3, 0.4) is 0 Å². The van der Waals surface area contributed by atoms with Gasteiger partial charge in [0.25, 0.3) is 0 Å². The van der Waals surface area contributed by atoms with E-state index in [0.717, 1.165) is 18.7 Å². The molecule has 3 heteroatoms. The third-order valence-electron chi connectivity index (χ3n) is 2.51. The molecule has 1 aromatic rings.